The third-order valence-electron chi connectivity index (χ3n) is 4.47. The molecule has 1 aliphatic rings. The Labute approximate surface area is 139 Å². The zero-order chi connectivity index (χ0) is 18.3. The summed E-state index contributed by atoms with van der Waals surface area (Å²) in [6.07, 6.45) is -2.98. The number of hydrogen-bond acceptors (Lipinski definition) is 4. The molecule has 0 atom stereocenters. The Morgan fingerprint density at radius 1 is 1.21 bits per heavy atom. The molecule has 0 bridgehead atoms. The van der Waals surface area contributed by atoms with Gasteiger partial charge in [-0.1, -0.05) is 12.1 Å². The van der Waals surface area contributed by atoms with Crippen molar-refractivity contribution in [1.82, 2.24) is 0 Å². The molecule has 1 fully saturated rings. The van der Waals surface area contributed by atoms with Crippen molar-refractivity contribution in [2.24, 2.45) is 0 Å². The summed E-state index contributed by atoms with van der Waals surface area (Å²) < 4.78 is 49.9. The minimum absolute atomic E-state index is 0.349. The molecule has 0 amide bonds. The van der Waals surface area contributed by atoms with Gasteiger partial charge in [0.2, 0.25) is 0 Å². The smallest absolute Gasteiger partial charge is 0.400 e. The number of nitrogen functional groups attached to an aromatic ring is 1. The van der Waals surface area contributed by atoms with E-state index in [-0.39, 0.29) is 12.3 Å². The van der Waals surface area contributed by atoms with Crippen LogP contribution in [0.2, 0.25) is 0 Å². The molecule has 1 heterocycles. The quantitative estimate of drug-likeness (QED) is 0.653. The van der Waals surface area contributed by atoms with Crippen molar-refractivity contribution in [1.29, 1.82) is 0 Å². The molecule has 0 aromatic heterocycles. The van der Waals surface area contributed by atoms with Crippen molar-refractivity contribution >= 4 is 18.9 Å². The third kappa shape index (κ3) is 3.60. The van der Waals surface area contributed by atoms with E-state index in [0.29, 0.717) is 11.0 Å². The van der Waals surface area contributed by atoms with Crippen LogP contribution < -0.4 is 5.73 Å². The van der Waals surface area contributed by atoms with E-state index < -0.39 is 30.1 Å². The van der Waals surface area contributed by atoms with Crippen LogP contribution in [0, 0.1) is 0 Å². The monoisotopic (exact) mass is 343 g/mol. The van der Waals surface area contributed by atoms with Crippen LogP contribution in [0.3, 0.4) is 0 Å². The molecule has 1 aliphatic heterocycles. The van der Waals surface area contributed by atoms with E-state index in [2.05, 4.69) is 0 Å². The first kappa shape index (κ1) is 18.8. The first-order valence-electron chi connectivity index (χ1n) is 7.51. The van der Waals surface area contributed by atoms with Gasteiger partial charge >= 0.3 is 13.3 Å². The van der Waals surface area contributed by atoms with Crippen molar-refractivity contribution < 1.29 is 27.6 Å². The molecule has 24 heavy (non-hydrogen) atoms. The van der Waals surface area contributed by atoms with Gasteiger partial charge in [-0.25, -0.2) is 0 Å². The number of anilines is 1. The zero-order valence-electron chi connectivity index (χ0n) is 14.1. The van der Waals surface area contributed by atoms with E-state index in [1.807, 2.05) is 27.7 Å². The average molecular weight is 343 g/mol. The summed E-state index contributed by atoms with van der Waals surface area (Å²) in [7, 11) is -0.775. The second-order valence-corrected chi connectivity index (χ2v) is 6.81. The van der Waals surface area contributed by atoms with E-state index in [4.69, 9.17) is 15.0 Å². The van der Waals surface area contributed by atoms with Crippen LogP contribution in [0.1, 0.15) is 38.8 Å². The summed E-state index contributed by atoms with van der Waals surface area (Å²) in [6.45, 7) is 7.14. The highest BCUT2D eigenvalue weighted by atomic mass is 19.4. The first-order chi connectivity index (χ1) is 10.9. The highest BCUT2D eigenvalue weighted by molar-refractivity contribution is 6.55. The fourth-order valence-electron chi connectivity index (χ4n) is 2.33. The highest BCUT2D eigenvalue weighted by Crippen LogP contribution is 2.39. The zero-order valence-corrected chi connectivity index (χ0v) is 14.1. The average Bonchev–Trinajstić information content (AvgIpc) is 2.63. The Hall–Kier alpha value is -1.51. The molecule has 0 saturated carbocycles. The standard InChI is InChI=1S/C16H21BF3NO3/c1-14(2)15(3,4)24-17(23-14)11(9-22)7-10-5-6-12(13(21)8-10)16(18,19)20/h5-8,22H,9,21H2,1-4H3. The van der Waals surface area contributed by atoms with Crippen molar-refractivity contribution in [3.05, 3.63) is 34.8 Å². The Bertz CT molecular complexity index is 640. The van der Waals surface area contributed by atoms with Crippen LogP contribution in [0.25, 0.3) is 6.08 Å². The number of alkyl halides is 3. The van der Waals surface area contributed by atoms with Crippen LogP contribution in [0.15, 0.2) is 23.7 Å². The summed E-state index contributed by atoms with van der Waals surface area (Å²) in [5, 5.41) is 9.60. The van der Waals surface area contributed by atoms with Crippen LogP contribution in [0.4, 0.5) is 18.9 Å². The number of aliphatic hydroxyl groups excluding tert-OH is 1. The van der Waals surface area contributed by atoms with Gasteiger partial charge in [0.15, 0.2) is 0 Å². The van der Waals surface area contributed by atoms with Gasteiger partial charge in [-0.05, 0) is 50.9 Å². The molecule has 1 aromatic carbocycles. The van der Waals surface area contributed by atoms with Crippen LogP contribution >= 0.6 is 0 Å². The van der Waals surface area contributed by atoms with E-state index in [1.54, 1.807) is 0 Å². The molecule has 8 heteroatoms. The van der Waals surface area contributed by atoms with Gasteiger partial charge in [0.25, 0.3) is 0 Å². The largest absolute Gasteiger partial charge is 0.492 e. The van der Waals surface area contributed by atoms with Crippen molar-refractivity contribution in [2.75, 3.05) is 12.3 Å². The lowest BCUT2D eigenvalue weighted by molar-refractivity contribution is -0.136. The van der Waals surface area contributed by atoms with E-state index in [0.717, 1.165) is 6.07 Å². The minimum Gasteiger partial charge on any atom is -0.400 e. The molecular formula is C16H21BF3NO3. The molecule has 4 nitrogen and oxygen atoms in total. The Balaban J connectivity index is 2.31. The molecule has 3 N–H and O–H groups in total. The molecule has 0 radical (unpaired) electrons. The number of halogens is 3. The molecule has 2 rings (SSSR count). The second-order valence-electron chi connectivity index (χ2n) is 6.81. The normalized spacial score (nSPS) is 20.5. The summed E-state index contributed by atoms with van der Waals surface area (Å²) in [4.78, 5) is 0. The molecule has 0 spiro atoms. The summed E-state index contributed by atoms with van der Waals surface area (Å²) >= 11 is 0. The van der Waals surface area contributed by atoms with E-state index in [9.17, 15) is 18.3 Å². The Kier molecular flexibility index (Phi) is 4.78. The second kappa shape index (κ2) is 6.09. The van der Waals surface area contributed by atoms with Gasteiger partial charge in [-0.3, -0.25) is 0 Å². The van der Waals surface area contributed by atoms with Crippen LogP contribution in [-0.4, -0.2) is 30.0 Å². The molecule has 0 aliphatic carbocycles. The molecule has 1 saturated heterocycles. The number of benzene rings is 1. The number of rotatable bonds is 3. The third-order valence-corrected chi connectivity index (χ3v) is 4.47. The van der Waals surface area contributed by atoms with Gasteiger partial charge in [0.05, 0.1) is 23.4 Å². The maximum absolute atomic E-state index is 12.8. The lowest BCUT2D eigenvalue weighted by atomic mass is 9.77. The van der Waals surface area contributed by atoms with Gasteiger partial charge in [0.1, 0.15) is 0 Å². The lowest BCUT2D eigenvalue weighted by Crippen LogP contribution is -2.41. The predicted molar refractivity (Wildman–Crippen MR) is 87.0 cm³/mol. The van der Waals surface area contributed by atoms with Gasteiger partial charge in [0, 0.05) is 5.69 Å². The molecule has 0 unspecified atom stereocenters. The SMILES string of the molecule is CC1(C)OB(C(=Cc2ccc(C(F)(F)F)c(N)c2)CO)OC1(C)C. The predicted octanol–water partition coefficient (Wildman–Crippen LogP) is 3.29. The van der Waals surface area contributed by atoms with E-state index in [1.165, 1.54) is 18.2 Å². The van der Waals surface area contributed by atoms with Crippen molar-refractivity contribution in [3.8, 4) is 0 Å². The fraction of sp³-hybridized carbons (Fsp3) is 0.500. The summed E-state index contributed by atoms with van der Waals surface area (Å²) in [6, 6.07) is 3.42. The molecule has 132 valence electrons. The maximum Gasteiger partial charge on any atom is 0.492 e. The van der Waals surface area contributed by atoms with Gasteiger partial charge < -0.3 is 20.1 Å². The first-order valence-corrected chi connectivity index (χ1v) is 7.51. The fourth-order valence-corrected chi connectivity index (χ4v) is 2.33. The Morgan fingerprint density at radius 3 is 2.17 bits per heavy atom. The van der Waals surface area contributed by atoms with E-state index >= 15 is 0 Å². The number of nitrogens with two attached hydrogens (primary N) is 1. The van der Waals surface area contributed by atoms with Gasteiger partial charge in [-0.2, -0.15) is 13.2 Å². The molecule has 1 aromatic rings. The van der Waals surface area contributed by atoms with Crippen LogP contribution in [-0.2, 0) is 15.5 Å². The van der Waals surface area contributed by atoms with Crippen molar-refractivity contribution in [3.63, 3.8) is 0 Å². The molecular weight excluding hydrogens is 322 g/mol. The number of aliphatic hydroxyl groups is 1. The van der Waals surface area contributed by atoms with Gasteiger partial charge in [-0.15, -0.1) is 0 Å². The summed E-state index contributed by atoms with van der Waals surface area (Å²) in [5.74, 6) is 0. The number of hydrogen-bond donors (Lipinski definition) is 2. The minimum atomic E-state index is -4.50. The van der Waals surface area contributed by atoms with Crippen molar-refractivity contribution in [2.45, 2.75) is 45.1 Å². The topological polar surface area (TPSA) is 64.7 Å². The maximum atomic E-state index is 12.8. The lowest BCUT2D eigenvalue weighted by Gasteiger charge is -2.32. The Morgan fingerprint density at radius 2 is 1.75 bits per heavy atom. The highest BCUT2D eigenvalue weighted by Gasteiger charge is 2.52. The summed E-state index contributed by atoms with van der Waals surface area (Å²) in [5.41, 5.74) is 3.91. The van der Waals surface area contributed by atoms with Crippen LogP contribution in [0.5, 0.6) is 0 Å².